The second-order valence-electron chi connectivity index (χ2n) is 7.63. The predicted molar refractivity (Wildman–Crippen MR) is 116 cm³/mol. The van der Waals surface area contributed by atoms with E-state index < -0.39 is 48.8 Å². The third kappa shape index (κ3) is 4.36. The Morgan fingerprint density at radius 3 is 2.45 bits per heavy atom. The summed E-state index contributed by atoms with van der Waals surface area (Å²) < 4.78 is 10.8. The minimum absolute atomic E-state index is 0.372. The second-order valence-corrected chi connectivity index (χ2v) is 8.06. The van der Waals surface area contributed by atoms with Gasteiger partial charge in [0.05, 0.1) is 11.4 Å². The molecule has 1 unspecified atom stereocenters. The molecule has 2 heterocycles. The van der Waals surface area contributed by atoms with E-state index in [0.29, 0.717) is 27.5 Å². The van der Waals surface area contributed by atoms with E-state index in [9.17, 15) is 30.0 Å². The third-order valence-electron chi connectivity index (χ3n) is 5.49. The van der Waals surface area contributed by atoms with Gasteiger partial charge in [-0.2, -0.15) is 0 Å². The van der Waals surface area contributed by atoms with Gasteiger partial charge in [-0.15, -0.1) is 0 Å². The standard InChI is InChI=1S/C22H21ClN2O8/c1-25-13-8-7-11(23)9-12(13)14(10-5-3-2-4-6-10)24-19(20(25)29)33-22-17(28)15(26)16(27)18(32-22)21(30)31/h2-9,15-19,22,26-28H,1H3,(H,30,31)/t15-,16-,17+,18-,19?,22-/m0/s1. The maximum absolute atomic E-state index is 13.2. The number of hydrogen-bond acceptors (Lipinski definition) is 8. The summed E-state index contributed by atoms with van der Waals surface area (Å²) in [5.74, 6) is -2.20. The summed E-state index contributed by atoms with van der Waals surface area (Å²) in [6.45, 7) is 0. The van der Waals surface area contributed by atoms with Crippen LogP contribution in [-0.2, 0) is 19.1 Å². The van der Waals surface area contributed by atoms with Crippen molar-refractivity contribution in [1.82, 2.24) is 0 Å². The lowest BCUT2D eigenvalue weighted by atomic mass is 9.99. The highest BCUT2D eigenvalue weighted by Crippen LogP contribution is 2.32. The van der Waals surface area contributed by atoms with Crippen molar-refractivity contribution in [3.63, 3.8) is 0 Å². The topological polar surface area (TPSA) is 149 Å². The first-order valence-corrected chi connectivity index (χ1v) is 10.4. The van der Waals surface area contributed by atoms with Crippen molar-refractivity contribution >= 4 is 34.9 Å². The summed E-state index contributed by atoms with van der Waals surface area (Å²) in [4.78, 5) is 30.4. The molecular weight excluding hydrogens is 456 g/mol. The van der Waals surface area contributed by atoms with Crippen molar-refractivity contribution in [3.05, 3.63) is 64.7 Å². The average molecular weight is 477 g/mol. The SMILES string of the molecule is CN1C(=O)C(O[C@@H]2O[C@H](C(=O)O)[C@@H](O)[C@H](O)[C@H]2O)N=C(c2ccccc2)c2cc(Cl)ccc21. The molecule has 0 bridgehead atoms. The molecular formula is C22H21ClN2O8. The predicted octanol–water partition coefficient (Wildman–Crippen LogP) is 0.389. The lowest BCUT2D eigenvalue weighted by Gasteiger charge is -2.39. The fourth-order valence-corrected chi connectivity index (χ4v) is 3.90. The third-order valence-corrected chi connectivity index (χ3v) is 5.72. The van der Waals surface area contributed by atoms with E-state index in [1.807, 2.05) is 6.07 Å². The Hall–Kier alpha value is -2.86. The van der Waals surface area contributed by atoms with Crippen LogP contribution in [0.4, 0.5) is 5.69 Å². The maximum Gasteiger partial charge on any atom is 0.335 e. The zero-order valence-electron chi connectivity index (χ0n) is 17.3. The van der Waals surface area contributed by atoms with Crippen molar-refractivity contribution in [2.75, 3.05) is 11.9 Å². The average Bonchev–Trinajstić information content (AvgIpc) is 2.90. The maximum atomic E-state index is 13.2. The van der Waals surface area contributed by atoms with Gasteiger partial charge in [-0.3, -0.25) is 4.79 Å². The molecule has 0 aliphatic carbocycles. The number of carboxylic acids is 1. The fourth-order valence-electron chi connectivity index (χ4n) is 3.72. The van der Waals surface area contributed by atoms with E-state index in [2.05, 4.69) is 4.99 Å². The summed E-state index contributed by atoms with van der Waals surface area (Å²) in [5, 5.41) is 40.0. The zero-order chi connectivity index (χ0) is 23.9. The van der Waals surface area contributed by atoms with Gasteiger partial charge < -0.3 is 34.8 Å². The number of aliphatic hydroxyl groups is 3. The number of aliphatic hydroxyl groups excluding tert-OH is 3. The molecule has 0 spiro atoms. The van der Waals surface area contributed by atoms with Crippen molar-refractivity contribution in [2.45, 2.75) is 36.9 Å². The lowest BCUT2D eigenvalue weighted by molar-refractivity contribution is -0.300. The van der Waals surface area contributed by atoms with Crippen LogP contribution < -0.4 is 4.90 Å². The van der Waals surface area contributed by atoms with E-state index in [1.54, 1.807) is 42.5 Å². The molecule has 4 N–H and O–H groups in total. The van der Waals surface area contributed by atoms with Gasteiger partial charge in [0.25, 0.3) is 5.91 Å². The number of carbonyl (C=O) groups is 2. The number of likely N-dealkylation sites (N-methyl/N-ethyl adjacent to an activating group) is 1. The zero-order valence-corrected chi connectivity index (χ0v) is 18.0. The van der Waals surface area contributed by atoms with Crippen LogP contribution in [0.25, 0.3) is 0 Å². The lowest BCUT2D eigenvalue weighted by Crippen LogP contribution is -2.61. The first-order chi connectivity index (χ1) is 15.7. The number of rotatable bonds is 4. The quantitative estimate of drug-likeness (QED) is 0.495. The summed E-state index contributed by atoms with van der Waals surface area (Å²) >= 11 is 6.20. The Kier molecular flexibility index (Phi) is 6.48. The first kappa shape index (κ1) is 23.3. The number of nitrogens with zero attached hydrogens (tertiary/aromatic N) is 2. The van der Waals surface area contributed by atoms with Crippen LogP contribution in [0.5, 0.6) is 0 Å². The molecule has 174 valence electrons. The number of carboxylic acid groups (broad SMARTS) is 1. The molecule has 33 heavy (non-hydrogen) atoms. The Morgan fingerprint density at radius 2 is 1.79 bits per heavy atom. The van der Waals surface area contributed by atoms with Crippen LogP contribution >= 0.6 is 11.6 Å². The number of hydrogen-bond donors (Lipinski definition) is 4. The van der Waals surface area contributed by atoms with E-state index in [-0.39, 0.29) is 0 Å². The summed E-state index contributed by atoms with van der Waals surface area (Å²) in [6.07, 6.45) is -10.8. The van der Waals surface area contributed by atoms with Crippen LogP contribution in [0.1, 0.15) is 11.1 Å². The molecule has 11 heteroatoms. The van der Waals surface area contributed by atoms with Crippen LogP contribution in [-0.4, -0.2) is 82.0 Å². The van der Waals surface area contributed by atoms with E-state index in [4.69, 9.17) is 21.1 Å². The first-order valence-electron chi connectivity index (χ1n) is 9.97. The Balaban J connectivity index is 1.76. The van der Waals surface area contributed by atoms with E-state index in [1.165, 1.54) is 11.9 Å². The number of benzene rings is 2. The Morgan fingerprint density at radius 1 is 1.09 bits per heavy atom. The molecule has 2 aliphatic heterocycles. The number of fused-ring (bicyclic) bond motifs is 1. The fraction of sp³-hybridized carbons (Fsp3) is 0.318. The minimum Gasteiger partial charge on any atom is -0.479 e. The number of ether oxygens (including phenoxy) is 2. The summed E-state index contributed by atoms with van der Waals surface area (Å²) in [6, 6.07) is 13.9. The van der Waals surface area contributed by atoms with Gasteiger partial charge in [0.1, 0.15) is 18.3 Å². The highest BCUT2D eigenvalue weighted by Gasteiger charge is 2.49. The molecule has 0 aromatic heterocycles. The highest BCUT2D eigenvalue weighted by molar-refractivity contribution is 6.32. The molecule has 10 nitrogen and oxygen atoms in total. The normalized spacial score (nSPS) is 29.8. The number of benzodiazepines with no additional fused rings is 1. The minimum atomic E-state index is -1.89. The molecule has 1 fully saturated rings. The van der Waals surface area contributed by atoms with Crippen LogP contribution in [0.3, 0.4) is 0 Å². The molecule has 4 rings (SSSR count). The smallest absolute Gasteiger partial charge is 0.335 e. The van der Waals surface area contributed by atoms with Crippen molar-refractivity contribution < 1.29 is 39.5 Å². The number of carbonyl (C=O) groups excluding carboxylic acids is 1. The number of anilines is 1. The molecule has 2 aromatic rings. The van der Waals surface area contributed by atoms with Gasteiger partial charge in [0, 0.05) is 23.2 Å². The number of amides is 1. The van der Waals surface area contributed by atoms with Gasteiger partial charge in [-0.25, -0.2) is 9.79 Å². The van der Waals surface area contributed by atoms with E-state index >= 15 is 0 Å². The number of aliphatic carboxylic acids is 1. The van der Waals surface area contributed by atoms with Gasteiger partial charge in [-0.1, -0.05) is 41.9 Å². The van der Waals surface area contributed by atoms with Crippen molar-refractivity contribution in [2.24, 2.45) is 4.99 Å². The molecule has 2 aliphatic rings. The molecule has 0 radical (unpaired) electrons. The summed E-state index contributed by atoms with van der Waals surface area (Å²) in [5.41, 5.74) is 2.08. The second kappa shape index (κ2) is 9.18. The highest BCUT2D eigenvalue weighted by atomic mass is 35.5. The molecule has 1 saturated heterocycles. The Labute approximate surface area is 193 Å². The van der Waals surface area contributed by atoms with E-state index in [0.717, 1.165) is 0 Å². The largest absolute Gasteiger partial charge is 0.479 e. The Bertz CT molecular complexity index is 1100. The van der Waals surface area contributed by atoms with Crippen LogP contribution in [0, 0.1) is 0 Å². The van der Waals surface area contributed by atoms with Crippen LogP contribution in [0.2, 0.25) is 5.02 Å². The van der Waals surface area contributed by atoms with Gasteiger partial charge in [0.2, 0.25) is 6.23 Å². The van der Waals surface area contributed by atoms with Crippen molar-refractivity contribution in [1.29, 1.82) is 0 Å². The molecule has 0 saturated carbocycles. The molecule has 2 aromatic carbocycles. The molecule has 6 atom stereocenters. The van der Waals surface area contributed by atoms with Crippen LogP contribution in [0.15, 0.2) is 53.5 Å². The van der Waals surface area contributed by atoms with Crippen molar-refractivity contribution in [3.8, 4) is 0 Å². The molecule has 1 amide bonds. The number of halogens is 1. The van der Waals surface area contributed by atoms with Gasteiger partial charge in [0.15, 0.2) is 12.4 Å². The number of aliphatic imine (C=N–C) groups is 1. The van der Waals surface area contributed by atoms with Gasteiger partial charge >= 0.3 is 5.97 Å². The van der Waals surface area contributed by atoms with Gasteiger partial charge in [-0.05, 0) is 18.2 Å². The summed E-state index contributed by atoms with van der Waals surface area (Å²) in [7, 11) is 1.51. The monoisotopic (exact) mass is 476 g/mol.